The van der Waals surface area contributed by atoms with E-state index in [0.717, 1.165) is 12.8 Å². The predicted octanol–water partition coefficient (Wildman–Crippen LogP) is 3.68. The first-order valence-corrected chi connectivity index (χ1v) is 5.68. The molecule has 0 N–H and O–H groups in total. The molecule has 0 aliphatic heterocycles. The van der Waals surface area contributed by atoms with Gasteiger partial charge in [0, 0.05) is 5.38 Å². The van der Waals surface area contributed by atoms with Crippen molar-refractivity contribution < 1.29 is 0 Å². The Balaban J connectivity index is 0.000000561. The Morgan fingerprint density at radius 2 is 2.00 bits per heavy atom. The van der Waals surface area contributed by atoms with Crippen molar-refractivity contribution in [1.82, 2.24) is 4.98 Å². The van der Waals surface area contributed by atoms with Gasteiger partial charge < -0.3 is 0 Å². The van der Waals surface area contributed by atoms with E-state index in [9.17, 15) is 0 Å². The molecular weight excluding hydrogens is 166 g/mol. The van der Waals surface area contributed by atoms with E-state index < -0.39 is 0 Å². The second kappa shape index (κ2) is 7.29. The third-order valence-electron chi connectivity index (χ3n) is 1.43. The van der Waals surface area contributed by atoms with Gasteiger partial charge in [0.05, 0.1) is 10.7 Å². The summed E-state index contributed by atoms with van der Waals surface area (Å²) in [5.74, 6) is 0. The summed E-state index contributed by atoms with van der Waals surface area (Å²) in [5.41, 5.74) is 1.24. The van der Waals surface area contributed by atoms with Gasteiger partial charge in [-0.1, -0.05) is 27.7 Å². The number of nitrogens with zero attached hydrogens (tertiary/aromatic N) is 1. The summed E-state index contributed by atoms with van der Waals surface area (Å²) < 4.78 is 0. The Labute approximate surface area is 79.9 Å². The minimum absolute atomic E-state index is 1.07. The smallest absolute Gasteiger partial charge is 0.0928 e. The molecule has 0 unspecified atom stereocenters. The Kier molecular flexibility index (Phi) is 7.06. The van der Waals surface area contributed by atoms with Crippen molar-refractivity contribution in [2.24, 2.45) is 0 Å². The minimum atomic E-state index is 1.07. The van der Waals surface area contributed by atoms with Crippen LogP contribution in [0.25, 0.3) is 0 Å². The Morgan fingerprint density at radius 1 is 1.33 bits per heavy atom. The molecule has 0 aliphatic rings. The molecule has 0 aromatic carbocycles. The van der Waals surface area contributed by atoms with Gasteiger partial charge in [-0.25, -0.2) is 4.98 Å². The zero-order chi connectivity index (χ0) is 9.40. The summed E-state index contributed by atoms with van der Waals surface area (Å²) in [4.78, 5) is 4.44. The topological polar surface area (TPSA) is 12.9 Å². The number of hydrogen-bond donors (Lipinski definition) is 0. The molecule has 0 atom stereocenters. The van der Waals surface area contributed by atoms with E-state index in [1.807, 2.05) is 13.8 Å². The third kappa shape index (κ3) is 3.86. The lowest BCUT2D eigenvalue weighted by Crippen LogP contribution is -1.83. The van der Waals surface area contributed by atoms with Crippen LogP contribution in [0.4, 0.5) is 0 Å². The quantitative estimate of drug-likeness (QED) is 0.700. The molecule has 0 radical (unpaired) electrons. The van der Waals surface area contributed by atoms with Crippen molar-refractivity contribution >= 4 is 11.3 Å². The molecule has 0 aliphatic carbocycles. The monoisotopic (exact) mass is 185 g/mol. The van der Waals surface area contributed by atoms with Crippen molar-refractivity contribution in [3.05, 3.63) is 16.1 Å². The fourth-order valence-corrected chi connectivity index (χ4v) is 1.82. The zero-order valence-electron chi connectivity index (χ0n) is 8.55. The molecule has 0 amide bonds. The largest absolute Gasteiger partial charge is 0.246 e. The highest BCUT2D eigenvalue weighted by atomic mass is 32.1. The summed E-state index contributed by atoms with van der Waals surface area (Å²) in [7, 11) is 0. The van der Waals surface area contributed by atoms with E-state index in [1.54, 1.807) is 11.3 Å². The standard InChI is InChI=1S/C8H13NS.C2H6/c1-3-5-8-9-7(4-2)6-10-8;1-2/h6H,3-5H2,1-2H3;1-2H3. The fraction of sp³-hybridized carbons (Fsp3) is 0.700. The predicted molar refractivity (Wildman–Crippen MR) is 56.8 cm³/mol. The molecule has 2 heteroatoms. The molecule has 12 heavy (non-hydrogen) atoms. The maximum absolute atomic E-state index is 4.44. The normalized spacial score (nSPS) is 9.00. The van der Waals surface area contributed by atoms with Gasteiger partial charge in [-0.05, 0) is 19.3 Å². The molecule has 0 fully saturated rings. The van der Waals surface area contributed by atoms with Gasteiger partial charge in [0.25, 0.3) is 0 Å². The number of thiazole rings is 1. The lowest BCUT2D eigenvalue weighted by atomic mass is 10.3. The highest BCUT2D eigenvalue weighted by molar-refractivity contribution is 7.09. The summed E-state index contributed by atoms with van der Waals surface area (Å²) in [6, 6.07) is 0. The van der Waals surface area contributed by atoms with Crippen LogP contribution in [0.3, 0.4) is 0 Å². The molecule has 0 saturated heterocycles. The second-order valence-electron chi connectivity index (χ2n) is 2.34. The Bertz CT molecular complexity index is 193. The third-order valence-corrected chi connectivity index (χ3v) is 2.38. The van der Waals surface area contributed by atoms with Crippen LogP contribution in [0.1, 0.15) is 44.8 Å². The van der Waals surface area contributed by atoms with E-state index in [-0.39, 0.29) is 0 Å². The van der Waals surface area contributed by atoms with Gasteiger partial charge in [-0.2, -0.15) is 0 Å². The first-order valence-electron chi connectivity index (χ1n) is 4.80. The SMILES string of the molecule is CC.CCCc1nc(CC)cs1. The Morgan fingerprint density at radius 3 is 2.42 bits per heavy atom. The van der Waals surface area contributed by atoms with Crippen LogP contribution in [-0.2, 0) is 12.8 Å². The van der Waals surface area contributed by atoms with Crippen LogP contribution in [0.2, 0.25) is 0 Å². The highest BCUT2D eigenvalue weighted by Crippen LogP contribution is 2.11. The van der Waals surface area contributed by atoms with E-state index in [4.69, 9.17) is 0 Å². The number of rotatable bonds is 3. The molecule has 1 rings (SSSR count). The fourth-order valence-electron chi connectivity index (χ4n) is 0.840. The average Bonchev–Trinajstić information content (AvgIpc) is 2.57. The second-order valence-corrected chi connectivity index (χ2v) is 3.28. The minimum Gasteiger partial charge on any atom is -0.246 e. The first kappa shape index (κ1) is 11.6. The zero-order valence-corrected chi connectivity index (χ0v) is 9.37. The van der Waals surface area contributed by atoms with Crippen LogP contribution in [0.5, 0.6) is 0 Å². The molecule has 1 aromatic heterocycles. The van der Waals surface area contributed by atoms with Crippen LogP contribution in [0, 0.1) is 0 Å². The number of hydrogen-bond acceptors (Lipinski definition) is 2. The highest BCUT2D eigenvalue weighted by Gasteiger charge is 1.97. The first-order chi connectivity index (χ1) is 5.86. The molecule has 1 aromatic rings. The maximum atomic E-state index is 4.44. The number of aryl methyl sites for hydroxylation is 2. The lowest BCUT2D eigenvalue weighted by Gasteiger charge is -1.87. The van der Waals surface area contributed by atoms with Gasteiger partial charge >= 0.3 is 0 Å². The van der Waals surface area contributed by atoms with E-state index in [2.05, 4.69) is 24.2 Å². The number of aromatic nitrogens is 1. The molecular formula is C10H19NS. The summed E-state index contributed by atoms with van der Waals surface area (Å²) in [5, 5.41) is 3.45. The van der Waals surface area contributed by atoms with Crippen LogP contribution >= 0.6 is 11.3 Å². The van der Waals surface area contributed by atoms with Crippen molar-refractivity contribution in [3.63, 3.8) is 0 Å². The van der Waals surface area contributed by atoms with Gasteiger partial charge in [0.1, 0.15) is 0 Å². The van der Waals surface area contributed by atoms with Crippen molar-refractivity contribution in [1.29, 1.82) is 0 Å². The van der Waals surface area contributed by atoms with Crippen LogP contribution in [-0.4, -0.2) is 4.98 Å². The van der Waals surface area contributed by atoms with Crippen LogP contribution in [0.15, 0.2) is 5.38 Å². The molecule has 0 saturated carbocycles. The van der Waals surface area contributed by atoms with Gasteiger partial charge in [0.2, 0.25) is 0 Å². The molecule has 1 nitrogen and oxygen atoms in total. The lowest BCUT2D eigenvalue weighted by molar-refractivity contribution is 0.893. The summed E-state index contributed by atoms with van der Waals surface area (Å²) in [6.45, 7) is 8.33. The maximum Gasteiger partial charge on any atom is 0.0928 e. The Hall–Kier alpha value is -0.370. The van der Waals surface area contributed by atoms with E-state index >= 15 is 0 Å². The van der Waals surface area contributed by atoms with Crippen LogP contribution < -0.4 is 0 Å². The summed E-state index contributed by atoms with van der Waals surface area (Å²) >= 11 is 1.79. The van der Waals surface area contributed by atoms with Gasteiger partial charge in [-0.3, -0.25) is 0 Å². The van der Waals surface area contributed by atoms with Gasteiger partial charge in [0.15, 0.2) is 0 Å². The molecule has 70 valence electrons. The molecule has 0 spiro atoms. The van der Waals surface area contributed by atoms with E-state index in [0.29, 0.717) is 0 Å². The van der Waals surface area contributed by atoms with E-state index in [1.165, 1.54) is 17.1 Å². The average molecular weight is 185 g/mol. The molecule has 1 heterocycles. The van der Waals surface area contributed by atoms with Crippen molar-refractivity contribution in [3.8, 4) is 0 Å². The summed E-state index contributed by atoms with van der Waals surface area (Å²) in [6.07, 6.45) is 3.42. The van der Waals surface area contributed by atoms with Crippen molar-refractivity contribution in [2.45, 2.75) is 47.0 Å². The molecule has 0 bridgehead atoms. The van der Waals surface area contributed by atoms with Crippen molar-refractivity contribution in [2.75, 3.05) is 0 Å². The van der Waals surface area contributed by atoms with Gasteiger partial charge in [-0.15, -0.1) is 11.3 Å².